The molecule has 2 rings (SSSR count). The van der Waals surface area contributed by atoms with E-state index < -0.39 is 0 Å². The number of rotatable bonds is 6. The van der Waals surface area contributed by atoms with Gasteiger partial charge in [-0.05, 0) is 65.9 Å². The first-order valence-electron chi connectivity index (χ1n) is 7.59. The van der Waals surface area contributed by atoms with Crippen LogP contribution in [0.5, 0.6) is 0 Å². The van der Waals surface area contributed by atoms with Gasteiger partial charge in [-0.2, -0.15) is 0 Å². The molecular weight excluding hydrogens is 316 g/mol. The van der Waals surface area contributed by atoms with E-state index in [-0.39, 0.29) is 0 Å². The summed E-state index contributed by atoms with van der Waals surface area (Å²) in [5, 5.41) is 0. The lowest BCUT2D eigenvalue weighted by molar-refractivity contribution is 0.0440. The van der Waals surface area contributed by atoms with Gasteiger partial charge < -0.3 is 15.4 Å². The molecule has 1 aliphatic rings. The average molecular weight is 341 g/mol. The van der Waals surface area contributed by atoms with Gasteiger partial charge in [-0.25, -0.2) is 0 Å². The smallest absolute Gasteiger partial charge is 0.0750 e. The third-order valence-electron chi connectivity index (χ3n) is 3.72. The summed E-state index contributed by atoms with van der Waals surface area (Å²) in [7, 11) is 0. The molecule has 20 heavy (non-hydrogen) atoms. The van der Waals surface area contributed by atoms with Crippen molar-refractivity contribution < 1.29 is 4.74 Å². The maximum atomic E-state index is 5.91. The van der Waals surface area contributed by atoms with E-state index >= 15 is 0 Å². The zero-order chi connectivity index (χ0) is 14.4. The monoisotopic (exact) mass is 340 g/mol. The van der Waals surface area contributed by atoms with Crippen LogP contribution in [0.4, 0.5) is 5.69 Å². The molecule has 4 heteroatoms. The summed E-state index contributed by atoms with van der Waals surface area (Å²) in [5.74, 6) is 0. The fraction of sp³-hybridized carbons (Fsp3) is 0.625. The van der Waals surface area contributed by atoms with Gasteiger partial charge in [-0.15, -0.1) is 0 Å². The minimum absolute atomic E-state index is 0.374. The van der Waals surface area contributed by atoms with Crippen molar-refractivity contribution in [1.29, 1.82) is 0 Å². The molecule has 1 unspecified atom stereocenters. The van der Waals surface area contributed by atoms with E-state index in [1.807, 2.05) is 0 Å². The Morgan fingerprint density at radius 3 is 3.00 bits per heavy atom. The zero-order valence-corrected chi connectivity index (χ0v) is 13.9. The molecule has 0 spiro atoms. The van der Waals surface area contributed by atoms with Crippen molar-refractivity contribution >= 4 is 21.6 Å². The van der Waals surface area contributed by atoms with Crippen molar-refractivity contribution in [3.63, 3.8) is 0 Å². The number of piperidine rings is 1. The second-order valence-corrected chi connectivity index (χ2v) is 6.26. The molecule has 1 heterocycles. The van der Waals surface area contributed by atoms with Crippen molar-refractivity contribution in [3.05, 3.63) is 28.2 Å². The molecule has 0 saturated carbocycles. The summed E-state index contributed by atoms with van der Waals surface area (Å²) < 4.78 is 7.08. The van der Waals surface area contributed by atoms with Crippen LogP contribution in [0.25, 0.3) is 0 Å². The normalized spacial score (nSPS) is 19.4. The van der Waals surface area contributed by atoms with Crippen molar-refractivity contribution in [3.8, 4) is 0 Å². The summed E-state index contributed by atoms with van der Waals surface area (Å²) in [4.78, 5) is 2.43. The molecule has 1 aliphatic heterocycles. The largest absolute Gasteiger partial charge is 0.376 e. The van der Waals surface area contributed by atoms with E-state index in [0.29, 0.717) is 12.6 Å². The molecule has 2 N–H and O–H groups in total. The van der Waals surface area contributed by atoms with Crippen LogP contribution in [0, 0.1) is 0 Å². The highest BCUT2D eigenvalue weighted by Crippen LogP contribution is 2.30. The number of halogens is 1. The van der Waals surface area contributed by atoms with Gasteiger partial charge in [-0.3, -0.25) is 0 Å². The summed E-state index contributed by atoms with van der Waals surface area (Å²) >= 11 is 3.70. The van der Waals surface area contributed by atoms with Gasteiger partial charge in [0.25, 0.3) is 0 Å². The van der Waals surface area contributed by atoms with Crippen LogP contribution >= 0.6 is 15.9 Å². The molecule has 0 aromatic heterocycles. The second kappa shape index (κ2) is 8.01. The predicted octanol–water partition coefficient (Wildman–Crippen LogP) is 3.35. The lowest BCUT2D eigenvalue weighted by Crippen LogP contribution is -2.40. The van der Waals surface area contributed by atoms with E-state index in [1.54, 1.807) is 0 Å². The number of benzene rings is 1. The Kier molecular flexibility index (Phi) is 6.33. The molecule has 1 saturated heterocycles. The van der Waals surface area contributed by atoms with Gasteiger partial charge in [0, 0.05) is 24.2 Å². The van der Waals surface area contributed by atoms with E-state index in [0.717, 1.165) is 32.5 Å². The summed E-state index contributed by atoms with van der Waals surface area (Å²) in [5.41, 5.74) is 8.18. The Balaban J connectivity index is 2.02. The van der Waals surface area contributed by atoms with E-state index in [4.69, 9.17) is 10.5 Å². The molecule has 0 radical (unpaired) electrons. The van der Waals surface area contributed by atoms with Crippen LogP contribution in [-0.2, 0) is 11.2 Å². The summed E-state index contributed by atoms with van der Waals surface area (Å²) in [6.45, 7) is 5.83. The third kappa shape index (κ3) is 4.21. The number of anilines is 1. The van der Waals surface area contributed by atoms with Gasteiger partial charge in [0.15, 0.2) is 0 Å². The Labute approximate surface area is 130 Å². The minimum Gasteiger partial charge on any atom is -0.376 e. The zero-order valence-electron chi connectivity index (χ0n) is 12.3. The van der Waals surface area contributed by atoms with Crippen LogP contribution in [-0.4, -0.2) is 32.3 Å². The van der Waals surface area contributed by atoms with Gasteiger partial charge >= 0.3 is 0 Å². The van der Waals surface area contributed by atoms with E-state index in [1.165, 1.54) is 28.6 Å². The lowest BCUT2D eigenvalue weighted by atomic mass is 10.1. The molecule has 0 amide bonds. The fourth-order valence-electron chi connectivity index (χ4n) is 2.71. The highest BCUT2D eigenvalue weighted by Gasteiger charge is 2.21. The molecule has 1 atom stereocenters. The number of nitrogens with two attached hydrogens (primary N) is 1. The molecular formula is C16H25BrN2O. The quantitative estimate of drug-likeness (QED) is 0.862. The summed E-state index contributed by atoms with van der Waals surface area (Å²) in [6, 6.07) is 6.58. The molecule has 112 valence electrons. The Morgan fingerprint density at radius 2 is 2.30 bits per heavy atom. The first kappa shape index (κ1) is 15.8. The topological polar surface area (TPSA) is 38.5 Å². The van der Waals surface area contributed by atoms with Crippen molar-refractivity contribution in [2.24, 2.45) is 5.73 Å². The van der Waals surface area contributed by atoms with Crippen LogP contribution in [0.15, 0.2) is 22.7 Å². The first-order chi connectivity index (χ1) is 9.74. The SMILES string of the molecule is CCCOC1CCCN(c2ccc(CCN)cc2Br)C1. The second-order valence-electron chi connectivity index (χ2n) is 5.41. The Hall–Kier alpha value is -0.580. The third-order valence-corrected chi connectivity index (χ3v) is 4.36. The van der Waals surface area contributed by atoms with Crippen LogP contribution in [0.1, 0.15) is 31.7 Å². The van der Waals surface area contributed by atoms with Crippen LogP contribution < -0.4 is 10.6 Å². The van der Waals surface area contributed by atoms with Crippen molar-refractivity contribution in [2.45, 2.75) is 38.7 Å². The average Bonchev–Trinajstić information content (AvgIpc) is 2.46. The van der Waals surface area contributed by atoms with Gasteiger partial charge in [0.2, 0.25) is 0 Å². The van der Waals surface area contributed by atoms with E-state index in [9.17, 15) is 0 Å². The number of hydrogen-bond acceptors (Lipinski definition) is 3. The molecule has 1 aromatic carbocycles. The minimum atomic E-state index is 0.374. The van der Waals surface area contributed by atoms with E-state index in [2.05, 4.69) is 46.0 Å². The Bertz CT molecular complexity index is 425. The maximum absolute atomic E-state index is 5.91. The van der Waals surface area contributed by atoms with Crippen LogP contribution in [0.3, 0.4) is 0 Å². The van der Waals surface area contributed by atoms with Gasteiger partial charge in [0.1, 0.15) is 0 Å². The standard InChI is InChI=1S/C16H25BrN2O/c1-2-10-20-14-4-3-9-19(12-14)16-6-5-13(7-8-18)11-15(16)17/h5-6,11,14H,2-4,7-10,12,18H2,1H3. The van der Waals surface area contributed by atoms with Gasteiger partial charge in [0.05, 0.1) is 11.8 Å². The maximum Gasteiger partial charge on any atom is 0.0750 e. The molecule has 0 aliphatic carbocycles. The summed E-state index contributed by atoms with van der Waals surface area (Å²) in [6.07, 6.45) is 4.78. The molecule has 1 aromatic rings. The number of nitrogens with zero attached hydrogens (tertiary/aromatic N) is 1. The first-order valence-corrected chi connectivity index (χ1v) is 8.39. The number of ether oxygens (including phenoxy) is 1. The molecule has 1 fully saturated rings. The number of hydrogen-bond donors (Lipinski definition) is 1. The predicted molar refractivity (Wildman–Crippen MR) is 88.4 cm³/mol. The highest BCUT2D eigenvalue weighted by molar-refractivity contribution is 9.10. The van der Waals surface area contributed by atoms with Gasteiger partial charge in [-0.1, -0.05) is 13.0 Å². The molecule has 0 bridgehead atoms. The highest BCUT2D eigenvalue weighted by atomic mass is 79.9. The Morgan fingerprint density at radius 1 is 1.45 bits per heavy atom. The van der Waals surface area contributed by atoms with Crippen LogP contribution in [0.2, 0.25) is 0 Å². The van der Waals surface area contributed by atoms with Crippen molar-refractivity contribution in [2.75, 3.05) is 31.1 Å². The molecule has 3 nitrogen and oxygen atoms in total. The fourth-order valence-corrected chi connectivity index (χ4v) is 3.38. The lowest BCUT2D eigenvalue weighted by Gasteiger charge is -2.35. The van der Waals surface area contributed by atoms with Crippen molar-refractivity contribution in [1.82, 2.24) is 0 Å².